The Balaban J connectivity index is 2.90. The van der Waals surface area contributed by atoms with E-state index < -0.39 is 0 Å². The van der Waals surface area contributed by atoms with Crippen molar-refractivity contribution in [3.05, 3.63) is 28.2 Å². The molecule has 1 aromatic rings. The van der Waals surface area contributed by atoms with Crippen molar-refractivity contribution in [2.45, 2.75) is 13.0 Å². The number of benzene rings is 1. The van der Waals surface area contributed by atoms with Crippen molar-refractivity contribution in [1.29, 1.82) is 5.26 Å². The van der Waals surface area contributed by atoms with E-state index in [1.54, 1.807) is 25.1 Å². The number of rotatable bonds is 2. The Bertz CT molecular complexity index is 344. The minimum absolute atomic E-state index is 0.282. The number of nitrogens with one attached hydrogen (secondary N) is 1. The molecule has 0 spiro atoms. The van der Waals surface area contributed by atoms with Crippen molar-refractivity contribution in [2.24, 2.45) is 0 Å². The van der Waals surface area contributed by atoms with Crippen LogP contribution in [0.15, 0.2) is 18.2 Å². The highest BCUT2D eigenvalue weighted by Gasteiger charge is 2.05. The number of halogens is 2. The molecule has 0 saturated heterocycles. The fraction of sp³-hybridized carbons (Fsp3) is 0.222. The maximum Gasteiger partial charge on any atom is 0.111 e. The molecular formula is C9H8Cl2N2. The summed E-state index contributed by atoms with van der Waals surface area (Å²) < 4.78 is 0. The third kappa shape index (κ3) is 2.51. The Hall–Kier alpha value is -0.910. The Labute approximate surface area is 87.1 Å². The average Bonchev–Trinajstić information content (AvgIpc) is 2.13. The molecule has 1 N–H and O–H groups in total. The van der Waals surface area contributed by atoms with E-state index in [1.165, 1.54) is 0 Å². The van der Waals surface area contributed by atoms with Crippen LogP contribution in [0.1, 0.15) is 6.92 Å². The van der Waals surface area contributed by atoms with Gasteiger partial charge in [-0.2, -0.15) is 5.26 Å². The van der Waals surface area contributed by atoms with Crippen LogP contribution in [0.4, 0.5) is 5.69 Å². The first kappa shape index (κ1) is 10.2. The maximum atomic E-state index is 8.57. The van der Waals surface area contributed by atoms with Crippen molar-refractivity contribution in [2.75, 3.05) is 5.32 Å². The lowest BCUT2D eigenvalue weighted by molar-refractivity contribution is 1.01. The molecule has 0 radical (unpaired) electrons. The summed E-state index contributed by atoms with van der Waals surface area (Å²) in [4.78, 5) is 0. The summed E-state index contributed by atoms with van der Waals surface area (Å²) in [5.74, 6) is 0. The van der Waals surface area contributed by atoms with Crippen LogP contribution in [-0.2, 0) is 0 Å². The van der Waals surface area contributed by atoms with E-state index in [-0.39, 0.29) is 6.04 Å². The summed E-state index contributed by atoms with van der Waals surface area (Å²) >= 11 is 11.7. The molecule has 0 heterocycles. The van der Waals surface area contributed by atoms with Gasteiger partial charge in [0.05, 0.1) is 21.8 Å². The fourth-order valence-corrected chi connectivity index (χ4v) is 1.24. The summed E-state index contributed by atoms with van der Waals surface area (Å²) in [6.45, 7) is 1.75. The smallest absolute Gasteiger partial charge is 0.111 e. The van der Waals surface area contributed by atoms with Crippen molar-refractivity contribution >= 4 is 28.9 Å². The molecule has 0 fully saturated rings. The van der Waals surface area contributed by atoms with Crippen LogP contribution in [0, 0.1) is 11.3 Å². The van der Waals surface area contributed by atoms with Gasteiger partial charge >= 0.3 is 0 Å². The zero-order valence-corrected chi connectivity index (χ0v) is 8.52. The van der Waals surface area contributed by atoms with Gasteiger partial charge in [0, 0.05) is 0 Å². The van der Waals surface area contributed by atoms with Gasteiger partial charge in [0.2, 0.25) is 0 Å². The molecule has 0 aliphatic carbocycles. The minimum Gasteiger partial charge on any atom is -0.369 e. The number of anilines is 1. The Morgan fingerprint density at radius 2 is 2.15 bits per heavy atom. The summed E-state index contributed by atoms with van der Waals surface area (Å²) in [6, 6.07) is 7.02. The molecule has 1 unspecified atom stereocenters. The van der Waals surface area contributed by atoms with Gasteiger partial charge in [-0.05, 0) is 19.1 Å². The molecule has 4 heteroatoms. The first-order valence-corrected chi connectivity index (χ1v) is 4.51. The van der Waals surface area contributed by atoms with Gasteiger partial charge in [0.1, 0.15) is 6.04 Å². The van der Waals surface area contributed by atoms with Crippen LogP contribution in [0.5, 0.6) is 0 Å². The molecule has 1 atom stereocenters. The van der Waals surface area contributed by atoms with Gasteiger partial charge in [0.25, 0.3) is 0 Å². The molecule has 0 saturated carbocycles. The van der Waals surface area contributed by atoms with Gasteiger partial charge in [-0.1, -0.05) is 29.3 Å². The van der Waals surface area contributed by atoms with Crippen LogP contribution >= 0.6 is 23.2 Å². The van der Waals surface area contributed by atoms with Gasteiger partial charge in [-0.3, -0.25) is 0 Å². The van der Waals surface area contributed by atoms with E-state index in [1.807, 2.05) is 6.07 Å². The highest BCUT2D eigenvalue weighted by atomic mass is 35.5. The normalized spacial score (nSPS) is 11.8. The van der Waals surface area contributed by atoms with Gasteiger partial charge in [-0.15, -0.1) is 0 Å². The summed E-state index contributed by atoms with van der Waals surface area (Å²) in [5, 5.41) is 12.4. The van der Waals surface area contributed by atoms with Crippen molar-refractivity contribution < 1.29 is 0 Å². The molecule has 1 rings (SSSR count). The Kier molecular flexibility index (Phi) is 3.41. The second-order valence-corrected chi connectivity index (χ2v) is 3.38. The summed E-state index contributed by atoms with van der Waals surface area (Å²) in [6.07, 6.45) is 0. The predicted octanol–water partition coefficient (Wildman–Crippen LogP) is 3.32. The molecule has 0 aromatic heterocycles. The number of hydrogen-bond donors (Lipinski definition) is 1. The standard InChI is InChI=1S/C9H8Cl2N2/c1-6(5-12)13-8-4-2-3-7(10)9(8)11/h2-4,6,13H,1H3. The zero-order chi connectivity index (χ0) is 9.84. The molecule has 0 amide bonds. The number of nitriles is 1. The van der Waals surface area contributed by atoms with Crippen molar-refractivity contribution in [3.8, 4) is 6.07 Å². The van der Waals surface area contributed by atoms with Crippen LogP contribution < -0.4 is 5.32 Å². The average molecular weight is 215 g/mol. The Morgan fingerprint density at radius 1 is 1.46 bits per heavy atom. The van der Waals surface area contributed by atoms with E-state index in [4.69, 9.17) is 28.5 Å². The third-order valence-corrected chi connectivity index (χ3v) is 2.34. The predicted molar refractivity (Wildman–Crippen MR) is 55.2 cm³/mol. The SMILES string of the molecule is CC(C#N)Nc1cccc(Cl)c1Cl. The van der Waals surface area contributed by atoms with Crippen LogP contribution in [-0.4, -0.2) is 6.04 Å². The lowest BCUT2D eigenvalue weighted by Crippen LogP contribution is -2.12. The molecule has 0 aliphatic rings. The van der Waals surface area contributed by atoms with E-state index in [9.17, 15) is 0 Å². The highest BCUT2D eigenvalue weighted by molar-refractivity contribution is 6.43. The quantitative estimate of drug-likeness (QED) is 0.821. The molecule has 0 aliphatic heterocycles. The lowest BCUT2D eigenvalue weighted by atomic mass is 10.3. The second kappa shape index (κ2) is 4.36. The number of nitrogens with zero attached hydrogens (tertiary/aromatic N) is 1. The molecule has 0 bridgehead atoms. The summed E-state index contributed by atoms with van der Waals surface area (Å²) in [7, 11) is 0. The van der Waals surface area contributed by atoms with E-state index >= 15 is 0 Å². The topological polar surface area (TPSA) is 35.8 Å². The van der Waals surface area contributed by atoms with E-state index in [0.717, 1.165) is 0 Å². The van der Waals surface area contributed by atoms with Crippen LogP contribution in [0.25, 0.3) is 0 Å². The largest absolute Gasteiger partial charge is 0.369 e. The molecule has 68 valence electrons. The zero-order valence-electron chi connectivity index (χ0n) is 7.01. The van der Waals surface area contributed by atoms with Gasteiger partial charge in [0.15, 0.2) is 0 Å². The van der Waals surface area contributed by atoms with Crippen molar-refractivity contribution in [3.63, 3.8) is 0 Å². The van der Waals surface area contributed by atoms with E-state index in [0.29, 0.717) is 15.7 Å². The lowest BCUT2D eigenvalue weighted by Gasteiger charge is -2.09. The molecular weight excluding hydrogens is 207 g/mol. The summed E-state index contributed by atoms with van der Waals surface area (Å²) in [5.41, 5.74) is 0.684. The fourth-order valence-electron chi connectivity index (χ4n) is 0.881. The first-order chi connectivity index (χ1) is 6.15. The van der Waals surface area contributed by atoms with Gasteiger partial charge < -0.3 is 5.32 Å². The van der Waals surface area contributed by atoms with E-state index in [2.05, 4.69) is 5.32 Å². The number of hydrogen-bond acceptors (Lipinski definition) is 2. The van der Waals surface area contributed by atoms with Crippen molar-refractivity contribution in [1.82, 2.24) is 0 Å². The van der Waals surface area contributed by atoms with Crippen LogP contribution in [0.3, 0.4) is 0 Å². The van der Waals surface area contributed by atoms with Gasteiger partial charge in [-0.25, -0.2) is 0 Å². The minimum atomic E-state index is -0.282. The highest BCUT2D eigenvalue weighted by Crippen LogP contribution is 2.29. The molecule has 1 aromatic carbocycles. The first-order valence-electron chi connectivity index (χ1n) is 3.75. The molecule has 13 heavy (non-hydrogen) atoms. The van der Waals surface area contributed by atoms with Crippen LogP contribution in [0.2, 0.25) is 10.0 Å². The third-order valence-electron chi connectivity index (χ3n) is 1.52. The second-order valence-electron chi connectivity index (χ2n) is 2.60. The maximum absolute atomic E-state index is 8.57. The Morgan fingerprint density at radius 3 is 2.77 bits per heavy atom. The molecule has 2 nitrogen and oxygen atoms in total. The monoisotopic (exact) mass is 214 g/mol.